The molecule has 0 aliphatic heterocycles. The first-order chi connectivity index (χ1) is 10.9. The van der Waals surface area contributed by atoms with Gasteiger partial charge in [-0.3, -0.25) is 19.3 Å². The highest BCUT2D eigenvalue weighted by atomic mass is 19.1. The summed E-state index contributed by atoms with van der Waals surface area (Å²) in [6.07, 6.45) is 0. The molecule has 0 spiro atoms. The SMILES string of the molecule is CCN(CC(=O)NCC(=O)O)CC(=O)NCc1ccc(F)cc1. The Balaban J connectivity index is 2.36. The molecule has 8 heteroatoms. The molecule has 23 heavy (non-hydrogen) atoms. The van der Waals surface area contributed by atoms with Crippen LogP contribution in [-0.4, -0.2) is 54.0 Å². The van der Waals surface area contributed by atoms with Gasteiger partial charge in [0.2, 0.25) is 11.8 Å². The maximum Gasteiger partial charge on any atom is 0.322 e. The summed E-state index contributed by atoms with van der Waals surface area (Å²) in [6, 6.07) is 5.78. The number of carboxylic acid groups (broad SMARTS) is 1. The highest BCUT2D eigenvalue weighted by molar-refractivity contribution is 5.83. The van der Waals surface area contributed by atoms with Gasteiger partial charge in [0.15, 0.2) is 0 Å². The predicted octanol–water partition coefficient (Wildman–Crippen LogP) is -0.0354. The third kappa shape index (κ3) is 7.91. The number of benzene rings is 1. The van der Waals surface area contributed by atoms with E-state index in [2.05, 4.69) is 10.6 Å². The van der Waals surface area contributed by atoms with Crippen molar-refractivity contribution in [2.75, 3.05) is 26.2 Å². The van der Waals surface area contributed by atoms with E-state index in [1.54, 1.807) is 24.0 Å². The minimum Gasteiger partial charge on any atom is -0.480 e. The monoisotopic (exact) mass is 325 g/mol. The minimum absolute atomic E-state index is 0.0121. The molecule has 0 fully saturated rings. The molecule has 0 aliphatic rings. The zero-order chi connectivity index (χ0) is 17.2. The van der Waals surface area contributed by atoms with Crippen LogP contribution in [0.1, 0.15) is 12.5 Å². The van der Waals surface area contributed by atoms with Crippen LogP contribution in [0.4, 0.5) is 4.39 Å². The number of nitrogens with one attached hydrogen (secondary N) is 2. The van der Waals surface area contributed by atoms with E-state index in [9.17, 15) is 18.8 Å². The fourth-order valence-corrected chi connectivity index (χ4v) is 1.77. The number of carbonyl (C=O) groups is 3. The molecule has 0 aliphatic carbocycles. The Kier molecular flexibility index (Phi) is 7.69. The zero-order valence-electron chi connectivity index (χ0n) is 12.8. The molecule has 0 saturated carbocycles. The first-order valence-electron chi connectivity index (χ1n) is 7.12. The van der Waals surface area contributed by atoms with Crippen molar-refractivity contribution in [3.8, 4) is 0 Å². The smallest absolute Gasteiger partial charge is 0.322 e. The molecule has 0 bridgehead atoms. The average molecular weight is 325 g/mol. The van der Waals surface area contributed by atoms with Gasteiger partial charge < -0.3 is 15.7 Å². The third-order valence-corrected chi connectivity index (χ3v) is 3.02. The zero-order valence-corrected chi connectivity index (χ0v) is 12.8. The first-order valence-corrected chi connectivity index (χ1v) is 7.12. The van der Waals surface area contributed by atoms with E-state index in [1.165, 1.54) is 12.1 Å². The highest BCUT2D eigenvalue weighted by Crippen LogP contribution is 2.02. The quantitative estimate of drug-likeness (QED) is 0.592. The molecule has 1 aromatic rings. The Morgan fingerprint density at radius 1 is 1.09 bits per heavy atom. The maximum atomic E-state index is 12.8. The van der Waals surface area contributed by atoms with E-state index >= 15 is 0 Å². The molecule has 0 heterocycles. The number of carboxylic acids is 1. The number of aliphatic carboxylic acids is 1. The number of hydrogen-bond acceptors (Lipinski definition) is 4. The summed E-state index contributed by atoms with van der Waals surface area (Å²) in [6.45, 7) is 2.02. The van der Waals surface area contributed by atoms with Crippen LogP contribution in [0.15, 0.2) is 24.3 Å². The van der Waals surface area contributed by atoms with E-state index in [4.69, 9.17) is 5.11 Å². The molecule has 0 aromatic heterocycles. The summed E-state index contributed by atoms with van der Waals surface area (Å²) in [5, 5.41) is 13.4. The van der Waals surface area contributed by atoms with Crippen LogP contribution in [0.25, 0.3) is 0 Å². The molecule has 1 aromatic carbocycles. The van der Waals surface area contributed by atoms with Gasteiger partial charge in [-0.1, -0.05) is 19.1 Å². The Morgan fingerprint density at radius 3 is 2.17 bits per heavy atom. The van der Waals surface area contributed by atoms with Gasteiger partial charge in [-0.05, 0) is 24.2 Å². The summed E-state index contributed by atoms with van der Waals surface area (Å²) in [4.78, 5) is 35.3. The van der Waals surface area contributed by atoms with Crippen molar-refractivity contribution in [2.45, 2.75) is 13.5 Å². The molecular formula is C15H20FN3O4. The average Bonchev–Trinajstić information content (AvgIpc) is 2.51. The molecule has 126 valence electrons. The Bertz CT molecular complexity index is 548. The molecule has 0 saturated heterocycles. The molecule has 0 atom stereocenters. The van der Waals surface area contributed by atoms with Crippen molar-refractivity contribution >= 4 is 17.8 Å². The highest BCUT2D eigenvalue weighted by Gasteiger charge is 2.13. The summed E-state index contributed by atoms with van der Waals surface area (Å²) < 4.78 is 12.8. The van der Waals surface area contributed by atoms with Crippen LogP contribution in [0.3, 0.4) is 0 Å². The fraction of sp³-hybridized carbons (Fsp3) is 0.400. The topological polar surface area (TPSA) is 98.7 Å². The summed E-state index contributed by atoms with van der Waals surface area (Å²) in [7, 11) is 0. The van der Waals surface area contributed by atoms with Crippen LogP contribution >= 0.6 is 0 Å². The summed E-state index contributed by atoms with van der Waals surface area (Å²) in [5.41, 5.74) is 0.766. The van der Waals surface area contributed by atoms with E-state index in [-0.39, 0.29) is 31.4 Å². The second-order valence-corrected chi connectivity index (χ2v) is 4.88. The number of carbonyl (C=O) groups excluding carboxylic acids is 2. The second kappa shape index (κ2) is 9.52. The van der Waals surface area contributed by atoms with E-state index in [1.807, 2.05) is 0 Å². The van der Waals surface area contributed by atoms with Gasteiger partial charge in [-0.25, -0.2) is 4.39 Å². The van der Waals surface area contributed by atoms with Crippen LogP contribution in [0.2, 0.25) is 0 Å². The summed E-state index contributed by atoms with van der Waals surface area (Å²) in [5.74, 6) is -2.20. The van der Waals surface area contributed by atoms with Gasteiger partial charge in [0.05, 0.1) is 13.1 Å². The number of hydrogen-bond donors (Lipinski definition) is 3. The molecule has 7 nitrogen and oxygen atoms in total. The van der Waals surface area contributed by atoms with Crippen LogP contribution < -0.4 is 10.6 Å². The molecule has 0 radical (unpaired) electrons. The van der Waals surface area contributed by atoms with Crippen molar-refractivity contribution < 1.29 is 23.9 Å². The minimum atomic E-state index is -1.13. The molecule has 2 amide bonds. The van der Waals surface area contributed by atoms with E-state index in [0.717, 1.165) is 5.56 Å². The van der Waals surface area contributed by atoms with Crippen molar-refractivity contribution in [3.63, 3.8) is 0 Å². The number of nitrogens with zero attached hydrogens (tertiary/aromatic N) is 1. The number of halogens is 1. The fourth-order valence-electron chi connectivity index (χ4n) is 1.77. The summed E-state index contributed by atoms with van der Waals surface area (Å²) >= 11 is 0. The van der Waals surface area contributed by atoms with Gasteiger partial charge in [-0.2, -0.15) is 0 Å². The molecule has 1 rings (SSSR count). The Morgan fingerprint density at radius 2 is 1.65 bits per heavy atom. The van der Waals surface area contributed by atoms with Crippen molar-refractivity contribution in [3.05, 3.63) is 35.6 Å². The largest absolute Gasteiger partial charge is 0.480 e. The number of rotatable bonds is 9. The normalized spacial score (nSPS) is 10.4. The Labute approximate surface area is 133 Å². The standard InChI is InChI=1S/C15H20FN3O4/c1-2-19(10-14(21)18-8-15(22)23)9-13(20)17-7-11-3-5-12(16)6-4-11/h3-6H,2,7-10H2,1H3,(H,17,20)(H,18,21)(H,22,23). The van der Waals surface area contributed by atoms with Gasteiger partial charge in [0.25, 0.3) is 0 Å². The second-order valence-electron chi connectivity index (χ2n) is 4.88. The predicted molar refractivity (Wildman–Crippen MR) is 81.0 cm³/mol. The van der Waals surface area contributed by atoms with Crippen LogP contribution in [0, 0.1) is 5.82 Å². The van der Waals surface area contributed by atoms with Gasteiger partial charge in [0.1, 0.15) is 12.4 Å². The Hall–Kier alpha value is -2.48. The van der Waals surface area contributed by atoms with E-state index in [0.29, 0.717) is 6.54 Å². The van der Waals surface area contributed by atoms with Crippen LogP contribution in [0.5, 0.6) is 0 Å². The van der Waals surface area contributed by atoms with Gasteiger partial charge >= 0.3 is 5.97 Å². The molecule has 0 unspecified atom stereocenters. The maximum absolute atomic E-state index is 12.8. The van der Waals surface area contributed by atoms with E-state index < -0.39 is 18.4 Å². The molecular weight excluding hydrogens is 305 g/mol. The third-order valence-electron chi connectivity index (χ3n) is 3.02. The van der Waals surface area contributed by atoms with Gasteiger partial charge in [0, 0.05) is 6.54 Å². The lowest BCUT2D eigenvalue weighted by Crippen LogP contribution is -2.43. The van der Waals surface area contributed by atoms with Crippen molar-refractivity contribution in [1.29, 1.82) is 0 Å². The number of amides is 2. The lowest BCUT2D eigenvalue weighted by Gasteiger charge is -2.19. The first kappa shape index (κ1) is 18.6. The van der Waals surface area contributed by atoms with Gasteiger partial charge in [-0.15, -0.1) is 0 Å². The van der Waals surface area contributed by atoms with Crippen LogP contribution in [-0.2, 0) is 20.9 Å². The van der Waals surface area contributed by atoms with Crippen molar-refractivity contribution in [2.24, 2.45) is 0 Å². The van der Waals surface area contributed by atoms with Crippen molar-refractivity contribution in [1.82, 2.24) is 15.5 Å². The lowest BCUT2D eigenvalue weighted by molar-refractivity contribution is -0.138. The lowest BCUT2D eigenvalue weighted by atomic mass is 10.2. The molecule has 3 N–H and O–H groups in total. The number of likely N-dealkylation sites (N-methyl/N-ethyl adjacent to an activating group) is 1.